The molecule has 1 amide bonds. The van der Waals surface area contributed by atoms with Crippen molar-refractivity contribution in [3.05, 3.63) is 45.4 Å². The Bertz CT molecular complexity index is 740. The van der Waals surface area contributed by atoms with Gasteiger partial charge in [0.1, 0.15) is 10.6 Å². The molecule has 0 atom stereocenters. The first-order valence-electron chi connectivity index (χ1n) is 8.67. The van der Waals surface area contributed by atoms with E-state index in [-0.39, 0.29) is 12.3 Å². The number of aryl methyl sites for hydroxylation is 2. The van der Waals surface area contributed by atoms with Crippen LogP contribution < -0.4 is 10.1 Å². The fourth-order valence-electron chi connectivity index (χ4n) is 2.36. The van der Waals surface area contributed by atoms with Crippen LogP contribution in [0.5, 0.6) is 5.75 Å². The predicted molar refractivity (Wildman–Crippen MR) is 101 cm³/mol. The maximum atomic E-state index is 12.3. The second kappa shape index (κ2) is 9.91. The number of hydrogen-bond acceptors (Lipinski definition) is 5. The van der Waals surface area contributed by atoms with Crippen molar-refractivity contribution in [2.75, 3.05) is 6.61 Å². The number of ether oxygens (including phenoxy) is 1. The maximum absolute atomic E-state index is 12.3. The number of carboxylic acid groups (broad SMARTS) is 1. The monoisotopic (exact) mass is 376 g/mol. The summed E-state index contributed by atoms with van der Waals surface area (Å²) in [5.41, 5.74) is 1.74. The van der Waals surface area contributed by atoms with Crippen molar-refractivity contribution in [2.45, 2.75) is 46.1 Å². The highest BCUT2D eigenvalue weighted by Gasteiger charge is 2.14. The smallest absolute Gasteiger partial charge is 0.303 e. The minimum atomic E-state index is -0.822. The Morgan fingerprint density at radius 2 is 2.00 bits per heavy atom. The zero-order valence-electron chi connectivity index (χ0n) is 15.1. The topological polar surface area (TPSA) is 88.5 Å². The van der Waals surface area contributed by atoms with Gasteiger partial charge in [-0.15, -0.1) is 11.3 Å². The lowest BCUT2D eigenvalue weighted by molar-refractivity contribution is -0.137. The number of amides is 1. The summed E-state index contributed by atoms with van der Waals surface area (Å²) < 4.78 is 5.49. The summed E-state index contributed by atoms with van der Waals surface area (Å²) in [5, 5.41) is 12.5. The van der Waals surface area contributed by atoms with Crippen molar-refractivity contribution in [3.8, 4) is 5.75 Å². The molecule has 0 saturated heterocycles. The zero-order chi connectivity index (χ0) is 18.9. The molecule has 0 radical (unpaired) electrons. The summed E-state index contributed by atoms with van der Waals surface area (Å²) in [4.78, 5) is 27.9. The highest BCUT2D eigenvalue weighted by molar-refractivity contribution is 7.13. The molecule has 1 aromatic carbocycles. The lowest BCUT2D eigenvalue weighted by Gasteiger charge is -2.07. The van der Waals surface area contributed by atoms with E-state index in [2.05, 4.69) is 17.2 Å². The summed E-state index contributed by atoms with van der Waals surface area (Å²) in [5.74, 6) is -0.234. The molecule has 1 heterocycles. The van der Waals surface area contributed by atoms with Crippen molar-refractivity contribution in [3.63, 3.8) is 0 Å². The van der Waals surface area contributed by atoms with Crippen molar-refractivity contribution < 1.29 is 19.4 Å². The third kappa shape index (κ3) is 6.15. The Hall–Kier alpha value is -2.41. The number of aliphatic carboxylic acids is 1. The lowest BCUT2D eigenvalue weighted by Crippen LogP contribution is -2.22. The molecule has 0 aliphatic rings. The molecule has 6 nitrogen and oxygen atoms in total. The zero-order valence-corrected chi connectivity index (χ0v) is 15.9. The van der Waals surface area contributed by atoms with E-state index in [4.69, 9.17) is 9.84 Å². The van der Waals surface area contributed by atoms with E-state index in [1.54, 1.807) is 0 Å². The van der Waals surface area contributed by atoms with E-state index in [1.807, 2.05) is 31.2 Å². The van der Waals surface area contributed by atoms with E-state index >= 15 is 0 Å². The molecule has 2 aromatic rings. The van der Waals surface area contributed by atoms with Gasteiger partial charge in [0.05, 0.1) is 17.3 Å². The van der Waals surface area contributed by atoms with Crippen molar-refractivity contribution in [2.24, 2.45) is 0 Å². The van der Waals surface area contributed by atoms with E-state index < -0.39 is 5.97 Å². The number of hydrogen-bond donors (Lipinski definition) is 2. The normalized spacial score (nSPS) is 10.5. The molecule has 2 rings (SSSR count). The van der Waals surface area contributed by atoms with Crippen molar-refractivity contribution in [1.29, 1.82) is 0 Å². The number of nitrogens with zero attached hydrogens (tertiary/aromatic N) is 1. The van der Waals surface area contributed by atoms with Crippen molar-refractivity contribution in [1.82, 2.24) is 10.3 Å². The molecular weight excluding hydrogens is 352 g/mol. The fraction of sp³-hybridized carbons (Fsp3) is 0.421. The van der Waals surface area contributed by atoms with E-state index in [0.717, 1.165) is 29.1 Å². The Morgan fingerprint density at radius 3 is 2.65 bits per heavy atom. The Morgan fingerprint density at radius 1 is 1.27 bits per heavy atom. The third-order valence-corrected chi connectivity index (χ3v) is 4.91. The van der Waals surface area contributed by atoms with Crippen LogP contribution in [-0.4, -0.2) is 28.6 Å². The number of thiazole rings is 1. The summed E-state index contributed by atoms with van der Waals surface area (Å²) in [6.07, 6.45) is 2.48. The molecule has 0 spiro atoms. The van der Waals surface area contributed by atoms with Gasteiger partial charge in [0.15, 0.2) is 0 Å². The van der Waals surface area contributed by atoms with Gasteiger partial charge in [-0.1, -0.05) is 19.1 Å². The first kappa shape index (κ1) is 19.9. The second-order valence-electron chi connectivity index (χ2n) is 5.94. The SMILES string of the molecule is CCCc1nc(C)c(C(=O)NCc2ccc(OCCCC(=O)O)cc2)s1. The van der Waals surface area contributed by atoms with Gasteiger partial charge in [0.25, 0.3) is 5.91 Å². The number of carboxylic acids is 1. The van der Waals surface area contributed by atoms with Crippen LogP contribution in [0.25, 0.3) is 0 Å². The second-order valence-corrected chi connectivity index (χ2v) is 7.03. The van der Waals surface area contributed by atoms with Gasteiger partial charge in [0.2, 0.25) is 0 Å². The minimum Gasteiger partial charge on any atom is -0.494 e. The third-order valence-electron chi connectivity index (χ3n) is 3.69. The quantitative estimate of drug-likeness (QED) is 0.619. The molecular formula is C19H24N2O4S. The van der Waals surface area contributed by atoms with Crippen LogP contribution in [0.1, 0.15) is 52.1 Å². The molecule has 0 unspecified atom stereocenters. The Balaban J connectivity index is 1.81. The number of carbonyl (C=O) groups is 2. The number of benzene rings is 1. The maximum Gasteiger partial charge on any atom is 0.303 e. The largest absolute Gasteiger partial charge is 0.494 e. The van der Waals surface area contributed by atoms with E-state index in [9.17, 15) is 9.59 Å². The van der Waals surface area contributed by atoms with Crippen LogP contribution in [0.15, 0.2) is 24.3 Å². The molecule has 7 heteroatoms. The Labute approximate surface area is 157 Å². The molecule has 0 fully saturated rings. The van der Waals surface area contributed by atoms with Gasteiger partial charge < -0.3 is 15.2 Å². The average molecular weight is 376 g/mol. The van der Waals surface area contributed by atoms with Gasteiger partial charge in [-0.25, -0.2) is 4.98 Å². The summed E-state index contributed by atoms with van der Waals surface area (Å²) in [6, 6.07) is 7.41. The summed E-state index contributed by atoms with van der Waals surface area (Å²) in [6.45, 7) is 4.75. The van der Waals surface area contributed by atoms with Crippen LogP contribution in [0.3, 0.4) is 0 Å². The number of aromatic nitrogens is 1. The minimum absolute atomic E-state index is 0.0983. The molecule has 0 aliphatic carbocycles. The molecule has 1 aromatic heterocycles. The van der Waals surface area contributed by atoms with Gasteiger partial charge in [-0.05, 0) is 43.9 Å². The van der Waals surface area contributed by atoms with E-state index in [0.29, 0.717) is 30.2 Å². The van der Waals surface area contributed by atoms with E-state index in [1.165, 1.54) is 11.3 Å². The fourth-order valence-corrected chi connectivity index (χ4v) is 3.45. The number of nitrogens with one attached hydrogen (secondary N) is 1. The van der Waals surface area contributed by atoms with Crippen LogP contribution in [-0.2, 0) is 17.8 Å². The first-order chi connectivity index (χ1) is 12.5. The van der Waals surface area contributed by atoms with Gasteiger partial charge in [-0.3, -0.25) is 9.59 Å². The predicted octanol–water partition coefficient (Wildman–Crippen LogP) is 3.58. The number of rotatable bonds is 10. The molecule has 0 saturated carbocycles. The number of carbonyl (C=O) groups excluding carboxylic acids is 1. The molecule has 140 valence electrons. The average Bonchev–Trinajstić information content (AvgIpc) is 2.98. The van der Waals surface area contributed by atoms with Crippen LogP contribution in [0.2, 0.25) is 0 Å². The van der Waals surface area contributed by atoms with Gasteiger partial charge in [0, 0.05) is 13.0 Å². The first-order valence-corrected chi connectivity index (χ1v) is 9.49. The highest BCUT2D eigenvalue weighted by Crippen LogP contribution is 2.19. The van der Waals surface area contributed by atoms with Crippen LogP contribution in [0, 0.1) is 6.92 Å². The van der Waals surface area contributed by atoms with Gasteiger partial charge >= 0.3 is 5.97 Å². The highest BCUT2D eigenvalue weighted by atomic mass is 32.1. The molecule has 2 N–H and O–H groups in total. The lowest BCUT2D eigenvalue weighted by atomic mass is 10.2. The van der Waals surface area contributed by atoms with Gasteiger partial charge in [-0.2, -0.15) is 0 Å². The molecule has 0 aliphatic heterocycles. The van der Waals surface area contributed by atoms with Crippen LogP contribution in [0.4, 0.5) is 0 Å². The van der Waals surface area contributed by atoms with Crippen molar-refractivity contribution >= 4 is 23.2 Å². The molecule has 0 bridgehead atoms. The Kier molecular flexibility index (Phi) is 7.59. The summed E-state index contributed by atoms with van der Waals surface area (Å²) >= 11 is 1.46. The summed E-state index contributed by atoms with van der Waals surface area (Å²) in [7, 11) is 0. The molecule has 26 heavy (non-hydrogen) atoms. The van der Waals surface area contributed by atoms with Crippen LogP contribution >= 0.6 is 11.3 Å². The standard InChI is InChI=1S/C19H24N2O4S/c1-3-5-16-21-13(2)18(26-16)19(24)20-12-14-7-9-15(10-8-14)25-11-4-6-17(22)23/h7-10H,3-6,11-12H2,1-2H3,(H,20,24)(H,22,23).